The first kappa shape index (κ1) is 28.0. The predicted octanol–water partition coefficient (Wildman–Crippen LogP) is 1.90. The number of aldehydes is 1. The van der Waals surface area contributed by atoms with E-state index in [-0.39, 0.29) is 25.0 Å². The highest BCUT2D eigenvalue weighted by molar-refractivity contribution is 6.01. The Hall–Kier alpha value is -3.58. The molecule has 37 heavy (non-hydrogen) atoms. The molecule has 0 bridgehead atoms. The lowest BCUT2D eigenvalue weighted by molar-refractivity contribution is -0.249. The second-order valence-corrected chi connectivity index (χ2v) is 9.26. The van der Waals surface area contributed by atoms with Gasteiger partial charge in [-0.1, -0.05) is 0 Å². The van der Waals surface area contributed by atoms with Gasteiger partial charge in [0.1, 0.15) is 12.2 Å². The molecule has 0 aliphatic carbocycles. The van der Waals surface area contributed by atoms with E-state index in [2.05, 4.69) is 15.0 Å². The van der Waals surface area contributed by atoms with Gasteiger partial charge in [-0.15, -0.1) is 0 Å². The number of carbonyl (C=O) groups excluding carboxylic acids is 2. The number of aliphatic imine (C=N–C) groups is 1. The SMILES string of the molecule is Cc1cc(-c2cnc(CCN(C)[C@@H]3CCN(C(=O)[C@@](C)(O)C(F)(F)F)C3)c(C=O)c2)[nH]c1/C(N)=N\C=N. The number of pyridine rings is 1. The molecule has 200 valence electrons. The molecule has 3 rings (SSSR count). The maximum Gasteiger partial charge on any atom is 0.426 e. The van der Waals surface area contributed by atoms with Gasteiger partial charge in [0.05, 0.1) is 11.4 Å². The van der Waals surface area contributed by atoms with Crippen molar-refractivity contribution < 1.29 is 27.9 Å². The number of nitrogens with zero attached hydrogens (tertiary/aromatic N) is 4. The summed E-state index contributed by atoms with van der Waals surface area (Å²) in [6.07, 6.45) is -1.01. The van der Waals surface area contributed by atoms with E-state index in [0.29, 0.717) is 60.8 Å². The zero-order valence-corrected chi connectivity index (χ0v) is 20.8. The Morgan fingerprint density at radius 2 is 2.14 bits per heavy atom. The van der Waals surface area contributed by atoms with Crippen LogP contribution >= 0.6 is 0 Å². The second kappa shape index (κ2) is 10.8. The van der Waals surface area contributed by atoms with Crippen LogP contribution in [0.5, 0.6) is 0 Å². The second-order valence-electron chi connectivity index (χ2n) is 9.26. The van der Waals surface area contributed by atoms with Crippen molar-refractivity contribution in [1.82, 2.24) is 19.8 Å². The third kappa shape index (κ3) is 5.88. The number of rotatable bonds is 9. The van der Waals surface area contributed by atoms with E-state index in [0.717, 1.165) is 16.8 Å². The number of aryl methyl sites for hydroxylation is 1. The number of aromatic amines is 1. The minimum atomic E-state index is -5.06. The minimum absolute atomic E-state index is 0.0629. The van der Waals surface area contributed by atoms with Crippen molar-refractivity contribution in [1.29, 1.82) is 5.41 Å². The van der Waals surface area contributed by atoms with Crippen molar-refractivity contribution >= 4 is 24.4 Å². The lowest BCUT2D eigenvalue weighted by Crippen LogP contribution is -2.56. The molecule has 5 N–H and O–H groups in total. The molecule has 1 aliphatic rings. The Kier molecular flexibility index (Phi) is 8.18. The number of aliphatic hydroxyl groups is 1. The van der Waals surface area contributed by atoms with E-state index in [1.54, 1.807) is 19.3 Å². The molecule has 0 saturated carbocycles. The standard InChI is InChI=1S/C24H30F3N7O3/c1-14-8-19(32-20(14)21(29)31-13-28)15-9-16(12-35)18(30-10-15)5-6-33(3)17-4-7-34(11-17)22(36)23(2,37)24(25,26)27/h8-10,12-13,17,32,37H,4-7,11H2,1-3H3,(H3,28,29,31)/t17-,23-/m1/s1. The number of hydrogen-bond donors (Lipinski definition) is 4. The molecule has 0 spiro atoms. The first-order valence-electron chi connectivity index (χ1n) is 11.6. The molecule has 13 heteroatoms. The molecule has 1 fully saturated rings. The normalized spacial score (nSPS) is 18.2. The van der Waals surface area contributed by atoms with Crippen LogP contribution in [-0.4, -0.2) is 93.7 Å². The van der Waals surface area contributed by atoms with Crippen LogP contribution in [0.4, 0.5) is 13.2 Å². The smallest absolute Gasteiger partial charge is 0.382 e. The van der Waals surface area contributed by atoms with Crippen LogP contribution in [0.15, 0.2) is 23.3 Å². The number of carbonyl (C=O) groups is 2. The zero-order valence-electron chi connectivity index (χ0n) is 20.8. The summed E-state index contributed by atoms with van der Waals surface area (Å²) in [5.41, 5.74) is 6.12. The highest BCUT2D eigenvalue weighted by Crippen LogP contribution is 2.33. The zero-order chi connectivity index (χ0) is 27.5. The number of likely N-dealkylation sites (N-methyl/N-ethyl adjacent to an activating group) is 1. The summed E-state index contributed by atoms with van der Waals surface area (Å²) >= 11 is 0. The number of alkyl halides is 3. The molecular formula is C24H30F3N7O3. The van der Waals surface area contributed by atoms with Crippen LogP contribution < -0.4 is 5.73 Å². The minimum Gasteiger partial charge on any atom is -0.382 e. The molecule has 0 radical (unpaired) electrons. The molecule has 2 aromatic heterocycles. The van der Waals surface area contributed by atoms with E-state index < -0.39 is 17.7 Å². The molecule has 2 aromatic rings. The summed E-state index contributed by atoms with van der Waals surface area (Å²) in [7, 11) is 1.79. The number of aromatic nitrogens is 2. The van der Waals surface area contributed by atoms with E-state index >= 15 is 0 Å². The van der Waals surface area contributed by atoms with E-state index in [4.69, 9.17) is 11.1 Å². The monoisotopic (exact) mass is 521 g/mol. The van der Waals surface area contributed by atoms with Crippen molar-refractivity contribution in [3.05, 3.63) is 40.8 Å². The van der Waals surface area contributed by atoms with Crippen molar-refractivity contribution in [3.63, 3.8) is 0 Å². The molecule has 0 unspecified atom stereocenters. The fourth-order valence-electron chi connectivity index (χ4n) is 4.26. The number of H-pyrrole nitrogens is 1. The first-order chi connectivity index (χ1) is 17.3. The van der Waals surface area contributed by atoms with Gasteiger partial charge in [-0.2, -0.15) is 13.2 Å². The van der Waals surface area contributed by atoms with Gasteiger partial charge in [-0.3, -0.25) is 20.0 Å². The molecule has 2 atom stereocenters. The Balaban J connectivity index is 1.66. The molecule has 1 aliphatic heterocycles. The van der Waals surface area contributed by atoms with Gasteiger partial charge in [0.25, 0.3) is 5.91 Å². The number of likely N-dealkylation sites (tertiary alicyclic amines) is 1. The van der Waals surface area contributed by atoms with Crippen molar-refractivity contribution in [2.24, 2.45) is 10.7 Å². The van der Waals surface area contributed by atoms with Gasteiger partial charge in [0.15, 0.2) is 6.29 Å². The van der Waals surface area contributed by atoms with Gasteiger partial charge in [-0.05, 0) is 45.0 Å². The predicted molar refractivity (Wildman–Crippen MR) is 132 cm³/mol. The summed E-state index contributed by atoms with van der Waals surface area (Å²) in [6, 6.07) is 3.34. The maximum absolute atomic E-state index is 13.0. The lowest BCUT2D eigenvalue weighted by atomic mass is 10.1. The number of amidine groups is 1. The number of halogens is 3. The summed E-state index contributed by atoms with van der Waals surface area (Å²) in [5.74, 6) is -1.19. The molecule has 1 saturated heterocycles. The molecule has 1 amide bonds. The van der Waals surface area contributed by atoms with E-state index in [1.807, 2.05) is 17.9 Å². The van der Waals surface area contributed by atoms with Crippen molar-refractivity contribution in [2.45, 2.75) is 44.5 Å². The molecule has 0 aromatic carbocycles. The Morgan fingerprint density at radius 3 is 2.76 bits per heavy atom. The van der Waals surface area contributed by atoms with Crippen molar-refractivity contribution in [2.75, 3.05) is 26.7 Å². The Morgan fingerprint density at radius 1 is 1.43 bits per heavy atom. The fraction of sp³-hybridized carbons (Fsp3) is 0.458. The number of hydrogen-bond acceptors (Lipinski definition) is 6. The maximum atomic E-state index is 13.0. The van der Waals surface area contributed by atoms with Gasteiger partial charge in [0.2, 0.25) is 5.60 Å². The average Bonchev–Trinajstić information content (AvgIpc) is 3.48. The molecule has 10 nitrogen and oxygen atoms in total. The van der Waals surface area contributed by atoms with Gasteiger partial charge in [-0.25, -0.2) is 4.99 Å². The van der Waals surface area contributed by atoms with Gasteiger partial charge >= 0.3 is 6.18 Å². The molecular weight excluding hydrogens is 491 g/mol. The third-order valence-corrected chi connectivity index (χ3v) is 6.66. The van der Waals surface area contributed by atoms with Crippen LogP contribution in [-0.2, 0) is 11.2 Å². The molecule has 3 heterocycles. The topological polar surface area (TPSA) is 152 Å². The number of nitrogens with two attached hydrogens (primary N) is 1. The highest BCUT2D eigenvalue weighted by atomic mass is 19.4. The van der Waals surface area contributed by atoms with Crippen molar-refractivity contribution in [3.8, 4) is 11.3 Å². The highest BCUT2D eigenvalue weighted by Gasteiger charge is 2.57. The van der Waals surface area contributed by atoms with Crippen LogP contribution in [0.1, 0.15) is 40.7 Å². The summed E-state index contributed by atoms with van der Waals surface area (Å²) < 4.78 is 39.1. The number of nitrogens with one attached hydrogen (secondary N) is 2. The first-order valence-corrected chi connectivity index (χ1v) is 11.6. The van der Waals surface area contributed by atoms with Gasteiger partial charge in [0, 0.05) is 55.1 Å². The van der Waals surface area contributed by atoms with E-state index in [1.165, 1.54) is 0 Å². The third-order valence-electron chi connectivity index (χ3n) is 6.66. The Labute approximate surface area is 211 Å². The fourth-order valence-corrected chi connectivity index (χ4v) is 4.26. The summed E-state index contributed by atoms with van der Waals surface area (Å²) in [6.45, 7) is 2.93. The van der Waals surface area contributed by atoms with Gasteiger partial charge < -0.3 is 25.6 Å². The average molecular weight is 522 g/mol. The number of amides is 1. The quantitative estimate of drug-likeness (QED) is 0.225. The van der Waals surface area contributed by atoms with Crippen LogP contribution in [0.3, 0.4) is 0 Å². The van der Waals surface area contributed by atoms with Crippen LogP contribution in [0.2, 0.25) is 0 Å². The van der Waals surface area contributed by atoms with Crippen LogP contribution in [0.25, 0.3) is 11.3 Å². The largest absolute Gasteiger partial charge is 0.426 e. The summed E-state index contributed by atoms with van der Waals surface area (Å²) in [5, 5.41) is 16.8. The van der Waals surface area contributed by atoms with E-state index in [9.17, 15) is 27.9 Å². The Bertz CT molecular complexity index is 1210. The summed E-state index contributed by atoms with van der Waals surface area (Å²) in [4.78, 5) is 38.3. The lowest BCUT2D eigenvalue weighted by Gasteiger charge is -2.30. The van der Waals surface area contributed by atoms with Crippen LogP contribution in [0, 0.1) is 12.3 Å².